The van der Waals surface area contributed by atoms with E-state index < -0.39 is 0 Å². The van der Waals surface area contributed by atoms with E-state index in [2.05, 4.69) is 32.7 Å². The lowest BCUT2D eigenvalue weighted by Gasteiger charge is -2.10. The highest BCUT2D eigenvalue weighted by atomic mass is 16.5. The highest BCUT2D eigenvalue weighted by molar-refractivity contribution is 5.83. The predicted octanol–water partition coefficient (Wildman–Crippen LogP) is 2.92. The molecule has 13 heavy (non-hydrogen) atoms. The van der Waals surface area contributed by atoms with Crippen molar-refractivity contribution in [1.82, 2.24) is 0 Å². The summed E-state index contributed by atoms with van der Waals surface area (Å²) in [4.78, 5) is 4.48. The van der Waals surface area contributed by atoms with E-state index in [0.717, 1.165) is 19.6 Å². The summed E-state index contributed by atoms with van der Waals surface area (Å²) in [6, 6.07) is 0. The summed E-state index contributed by atoms with van der Waals surface area (Å²) in [6.45, 7) is 12.3. The third kappa shape index (κ3) is 6.76. The zero-order valence-corrected chi connectivity index (χ0v) is 9.63. The SMILES string of the molecule is CCOC(C)CCN=C(C)C(C)C. The van der Waals surface area contributed by atoms with E-state index in [-0.39, 0.29) is 0 Å². The van der Waals surface area contributed by atoms with Gasteiger partial charge in [0.1, 0.15) is 0 Å². The van der Waals surface area contributed by atoms with Crippen LogP contribution < -0.4 is 0 Å². The first kappa shape index (κ1) is 12.6. The van der Waals surface area contributed by atoms with Gasteiger partial charge in [-0.2, -0.15) is 0 Å². The molecule has 0 N–H and O–H groups in total. The molecule has 2 heteroatoms. The largest absolute Gasteiger partial charge is 0.379 e. The van der Waals surface area contributed by atoms with Crippen molar-refractivity contribution in [2.24, 2.45) is 10.9 Å². The minimum atomic E-state index is 0.341. The summed E-state index contributed by atoms with van der Waals surface area (Å²) in [5.41, 5.74) is 1.24. The number of hydrogen-bond donors (Lipinski definition) is 0. The van der Waals surface area contributed by atoms with Crippen LogP contribution in [0.2, 0.25) is 0 Å². The molecule has 0 radical (unpaired) electrons. The van der Waals surface area contributed by atoms with Crippen LogP contribution in [-0.4, -0.2) is 25.0 Å². The standard InChI is InChI=1S/C11H23NO/c1-6-13-10(4)7-8-12-11(5)9(2)3/h9-10H,6-8H2,1-5H3. The van der Waals surface area contributed by atoms with Crippen LogP contribution in [0.25, 0.3) is 0 Å². The summed E-state index contributed by atoms with van der Waals surface area (Å²) in [7, 11) is 0. The van der Waals surface area contributed by atoms with Gasteiger partial charge in [0, 0.05) is 18.9 Å². The second kappa shape index (κ2) is 7.07. The number of nitrogens with zero attached hydrogens (tertiary/aromatic N) is 1. The van der Waals surface area contributed by atoms with E-state index in [4.69, 9.17) is 4.74 Å². The molecule has 0 aromatic rings. The molecule has 0 aliphatic carbocycles. The van der Waals surface area contributed by atoms with Crippen LogP contribution in [0.15, 0.2) is 4.99 Å². The van der Waals surface area contributed by atoms with E-state index in [1.54, 1.807) is 0 Å². The molecule has 0 aromatic carbocycles. The molecular weight excluding hydrogens is 162 g/mol. The molecule has 0 saturated carbocycles. The van der Waals surface area contributed by atoms with Crippen molar-refractivity contribution in [1.29, 1.82) is 0 Å². The smallest absolute Gasteiger partial charge is 0.0564 e. The van der Waals surface area contributed by atoms with Gasteiger partial charge < -0.3 is 4.74 Å². The van der Waals surface area contributed by atoms with Crippen LogP contribution in [0.5, 0.6) is 0 Å². The molecule has 1 atom stereocenters. The molecule has 0 aromatic heterocycles. The van der Waals surface area contributed by atoms with Crippen molar-refractivity contribution in [3.05, 3.63) is 0 Å². The fourth-order valence-electron chi connectivity index (χ4n) is 0.973. The lowest BCUT2D eigenvalue weighted by molar-refractivity contribution is 0.0722. The van der Waals surface area contributed by atoms with Gasteiger partial charge in [-0.25, -0.2) is 0 Å². The molecular formula is C11H23NO. The molecule has 78 valence electrons. The fraction of sp³-hybridized carbons (Fsp3) is 0.909. The predicted molar refractivity (Wildman–Crippen MR) is 58.5 cm³/mol. The molecule has 0 saturated heterocycles. The molecule has 1 unspecified atom stereocenters. The van der Waals surface area contributed by atoms with Crippen molar-refractivity contribution in [2.75, 3.05) is 13.2 Å². The summed E-state index contributed by atoms with van der Waals surface area (Å²) >= 11 is 0. The Morgan fingerprint density at radius 3 is 2.38 bits per heavy atom. The topological polar surface area (TPSA) is 21.6 Å². The molecule has 0 aliphatic heterocycles. The van der Waals surface area contributed by atoms with Crippen LogP contribution in [0, 0.1) is 5.92 Å². The zero-order chi connectivity index (χ0) is 10.3. The first-order valence-corrected chi connectivity index (χ1v) is 5.20. The Morgan fingerprint density at radius 2 is 1.92 bits per heavy atom. The maximum absolute atomic E-state index is 5.41. The third-order valence-electron chi connectivity index (χ3n) is 2.18. The molecule has 2 nitrogen and oxygen atoms in total. The zero-order valence-electron chi connectivity index (χ0n) is 9.63. The Balaban J connectivity index is 3.59. The quantitative estimate of drug-likeness (QED) is 0.583. The monoisotopic (exact) mass is 185 g/mol. The average Bonchev–Trinajstić information content (AvgIpc) is 2.04. The lowest BCUT2D eigenvalue weighted by atomic mass is 10.1. The van der Waals surface area contributed by atoms with Crippen LogP contribution in [0.3, 0.4) is 0 Å². The minimum absolute atomic E-state index is 0.341. The molecule has 0 heterocycles. The van der Waals surface area contributed by atoms with Gasteiger partial charge in [-0.15, -0.1) is 0 Å². The van der Waals surface area contributed by atoms with Gasteiger partial charge >= 0.3 is 0 Å². The van der Waals surface area contributed by atoms with Crippen LogP contribution in [0.1, 0.15) is 41.0 Å². The van der Waals surface area contributed by atoms with E-state index in [1.165, 1.54) is 5.71 Å². The molecule has 0 fully saturated rings. The van der Waals surface area contributed by atoms with Crippen molar-refractivity contribution >= 4 is 5.71 Å². The van der Waals surface area contributed by atoms with Crippen molar-refractivity contribution < 1.29 is 4.74 Å². The number of aliphatic imine (C=N–C) groups is 1. The molecule has 0 bridgehead atoms. The second-order valence-electron chi connectivity index (χ2n) is 3.73. The molecule has 0 amide bonds. The summed E-state index contributed by atoms with van der Waals surface area (Å²) in [5, 5.41) is 0. The number of ether oxygens (including phenoxy) is 1. The van der Waals surface area contributed by atoms with Crippen molar-refractivity contribution in [3.63, 3.8) is 0 Å². The normalized spacial score (nSPS) is 15.1. The lowest BCUT2D eigenvalue weighted by Crippen LogP contribution is -2.10. The number of hydrogen-bond acceptors (Lipinski definition) is 2. The van der Waals surface area contributed by atoms with Gasteiger partial charge in [0.25, 0.3) is 0 Å². The van der Waals surface area contributed by atoms with Gasteiger partial charge in [-0.05, 0) is 33.1 Å². The van der Waals surface area contributed by atoms with Crippen molar-refractivity contribution in [2.45, 2.75) is 47.1 Å². The van der Waals surface area contributed by atoms with Gasteiger partial charge in [0.2, 0.25) is 0 Å². The third-order valence-corrected chi connectivity index (χ3v) is 2.18. The molecule has 0 spiro atoms. The number of rotatable bonds is 6. The summed E-state index contributed by atoms with van der Waals surface area (Å²) < 4.78 is 5.41. The second-order valence-corrected chi connectivity index (χ2v) is 3.73. The van der Waals surface area contributed by atoms with E-state index in [0.29, 0.717) is 12.0 Å². The van der Waals surface area contributed by atoms with Crippen molar-refractivity contribution in [3.8, 4) is 0 Å². The Morgan fingerprint density at radius 1 is 1.31 bits per heavy atom. The first-order valence-electron chi connectivity index (χ1n) is 5.20. The Kier molecular flexibility index (Phi) is 6.87. The summed E-state index contributed by atoms with van der Waals surface area (Å²) in [6.07, 6.45) is 1.37. The van der Waals surface area contributed by atoms with E-state index in [9.17, 15) is 0 Å². The van der Waals surface area contributed by atoms with Crippen LogP contribution in [-0.2, 0) is 4.74 Å². The minimum Gasteiger partial charge on any atom is -0.379 e. The first-order chi connectivity index (χ1) is 6.07. The Bertz CT molecular complexity index is 152. The maximum Gasteiger partial charge on any atom is 0.0564 e. The fourth-order valence-corrected chi connectivity index (χ4v) is 0.973. The van der Waals surface area contributed by atoms with Gasteiger partial charge in [-0.1, -0.05) is 13.8 Å². The average molecular weight is 185 g/mol. The Labute approximate surface area is 82.4 Å². The van der Waals surface area contributed by atoms with Gasteiger partial charge in [0.15, 0.2) is 0 Å². The van der Waals surface area contributed by atoms with E-state index >= 15 is 0 Å². The molecule has 0 rings (SSSR count). The Hall–Kier alpha value is -0.370. The van der Waals surface area contributed by atoms with Gasteiger partial charge in [-0.3, -0.25) is 4.99 Å². The maximum atomic E-state index is 5.41. The highest BCUT2D eigenvalue weighted by Gasteiger charge is 2.00. The summed E-state index contributed by atoms with van der Waals surface area (Å²) in [5.74, 6) is 0.572. The molecule has 0 aliphatic rings. The van der Waals surface area contributed by atoms with Gasteiger partial charge in [0.05, 0.1) is 6.10 Å². The van der Waals surface area contributed by atoms with Crippen LogP contribution >= 0.6 is 0 Å². The van der Waals surface area contributed by atoms with Crippen LogP contribution in [0.4, 0.5) is 0 Å². The highest BCUT2D eigenvalue weighted by Crippen LogP contribution is 2.00. The van der Waals surface area contributed by atoms with E-state index in [1.807, 2.05) is 6.92 Å².